The minimum absolute atomic E-state index is 0.0797. The van der Waals surface area contributed by atoms with Gasteiger partial charge in [-0.1, -0.05) is 35.9 Å². The largest absolute Gasteiger partial charge is 0.351 e. The Balaban J connectivity index is 1.81. The Morgan fingerprint density at radius 2 is 1.86 bits per heavy atom. The molecular formula is C17H15ClN2O. The van der Waals surface area contributed by atoms with Crippen LogP contribution >= 0.6 is 11.6 Å². The molecule has 0 aromatic heterocycles. The highest BCUT2D eigenvalue weighted by Gasteiger charge is 2.42. The van der Waals surface area contributed by atoms with Crippen molar-refractivity contribution in [1.29, 1.82) is 0 Å². The summed E-state index contributed by atoms with van der Waals surface area (Å²) in [7, 11) is 0. The smallest absolute Gasteiger partial charge is 0.247 e. The van der Waals surface area contributed by atoms with E-state index in [0.29, 0.717) is 0 Å². The maximum absolute atomic E-state index is 12.3. The van der Waals surface area contributed by atoms with E-state index >= 15 is 0 Å². The average molecular weight is 299 g/mol. The molecule has 0 aliphatic carbocycles. The molecule has 106 valence electrons. The van der Waals surface area contributed by atoms with E-state index in [1.165, 1.54) is 5.56 Å². The molecule has 2 aliphatic rings. The molecule has 0 radical (unpaired) electrons. The van der Waals surface area contributed by atoms with Crippen LogP contribution in [0.15, 0.2) is 48.5 Å². The van der Waals surface area contributed by atoms with Crippen molar-refractivity contribution in [3.8, 4) is 0 Å². The lowest BCUT2D eigenvalue weighted by Gasteiger charge is -2.37. The SMILES string of the molecule is O=C1Nc2ccccc2N2C1CCC2c1cccc(Cl)c1. The molecule has 0 bridgehead atoms. The Bertz CT molecular complexity index is 715. The number of carbonyl (C=O) groups is 1. The molecule has 4 rings (SSSR count). The van der Waals surface area contributed by atoms with E-state index in [1.807, 2.05) is 36.4 Å². The number of benzene rings is 2. The van der Waals surface area contributed by atoms with Gasteiger partial charge in [-0.25, -0.2) is 0 Å². The Morgan fingerprint density at radius 1 is 1.05 bits per heavy atom. The van der Waals surface area contributed by atoms with E-state index in [1.54, 1.807) is 0 Å². The zero-order valence-corrected chi connectivity index (χ0v) is 12.2. The number of halogens is 1. The van der Waals surface area contributed by atoms with Crippen LogP contribution in [-0.4, -0.2) is 11.9 Å². The van der Waals surface area contributed by atoms with Gasteiger partial charge in [-0.05, 0) is 42.7 Å². The van der Waals surface area contributed by atoms with Crippen LogP contribution in [0, 0.1) is 0 Å². The van der Waals surface area contributed by atoms with Gasteiger partial charge in [0.1, 0.15) is 6.04 Å². The molecule has 2 aliphatic heterocycles. The molecule has 1 N–H and O–H groups in total. The van der Waals surface area contributed by atoms with Gasteiger partial charge in [0.05, 0.1) is 17.4 Å². The summed E-state index contributed by atoms with van der Waals surface area (Å²) in [5, 5.41) is 3.75. The first-order valence-electron chi connectivity index (χ1n) is 7.18. The second-order valence-electron chi connectivity index (χ2n) is 5.58. The van der Waals surface area contributed by atoms with Crippen LogP contribution in [0.3, 0.4) is 0 Å². The monoisotopic (exact) mass is 298 g/mol. The van der Waals surface area contributed by atoms with E-state index in [9.17, 15) is 4.79 Å². The molecular weight excluding hydrogens is 284 g/mol. The van der Waals surface area contributed by atoms with Crippen LogP contribution in [0.2, 0.25) is 5.02 Å². The molecule has 0 spiro atoms. The Kier molecular flexibility index (Phi) is 2.89. The highest BCUT2D eigenvalue weighted by atomic mass is 35.5. The summed E-state index contributed by atoms with van der Waals surface area (Å²) in [5.41, 5.74) is 3.17. The van der Waals surface area contributed by atoms with Crippen molar-refractivity contribution in [2.75, 3.05) is 10.2 Å². The van der Waals surface area contributed by atoms with Crippen molar-refractivity contribution in [3.05, 3.63) is 59.1 Å². The van der Waals surface area contributed by atoms with Crippen LogP contribution in [0.1, 0.15) is 24.4 Å². The van der Waals surface area contributed by atoms with Crippen LogP contribution in [0.5, 0.6) is 0 Å². The molecule has 2 aromatic rings. The predicted octanol–water partition coefficient (Wildman–Crippen LogP) is 4.00. The van der Waals surface area contributed by atoms with Gasteiger partial charge in [0, 0.05) is 5.02 Å². The summed E-state index contributed by atoms with van der Waals surface area (Å²) in [6.45, 7) is 0. The number of hydrogen-bond donors (Lipinski definition) is 1. The molecule has 1 fully saturated rings. The quantitative estimate of drug-likeness (QED) is 0.863. The van der Waals surface area contributed by atoms with Gasteiger partial charge in [-0.2, -0.15) is 0 Å². The summed E-state index contributed by atoms with van der Waals surface area (Å²) in [6.07, 6.45) is 1.84. The lowest BCUT2D eigenvalue weighted by Crippen LogP contribution is -2.44. The predicted molar refractivity (Wildman–Crippen MR) is 84.8 cm³/mol. The molecule has 21 heavy (non-hydrogen) atoms. The Labute approximate surface area is 128 Å². The fourth-order valence-corrected chi connectivity index (χ4v) is 3.66. The molecule has 3 nitrogen and oxygen atoms in total. The molecule has 2 atom stereocenters. The lowest BCUT2D eigenvalue weighted by molar-refractivity contribution is -0.117. The minimum Gasteiger partial charge on any atom is -0.351 e. The van der Waals surface area contributed by atoms with Crippen molar-refractivity contribution >= 4 is 28.9 Å². The Morgan fingerprint density at radius 3 is 2.71 bits per heavy atom. The number of carbonyl (C=O) groups excluding carboxylic acids is 1. The van der Waals surface area contributed by atoms with E-state index in [0.717, 1.165) is 29.2 Å². The van der Waals surface area contributed by atoms with Gasteiger partial charge in [0.2, 0.25) is 5.91 Å². The summed E-state index contributed by atoms with van der Waals surface area (Å²) >= 11 is 6.13. The molecule has 1 saturated heterocycles. The standard InChI is InChI=1S/C17H15ClN2O/c18-12-5-3-4-11(10-12)14-8-9-16-17(21)19-13-6-1-2-7-15(13)20(14)16/h1-7,10,14,16H,8-9H2,(H,19,21). The van der Waals surface area contributed by atoms with Crippen molar-refractivity contribution in [1.82, 2.24) is 0 Å². The van der Waals surface area contributed by atoms with Gasteiger partial charge in [0.25, 0.3) is 0 Å². The third kappa shape index (κ3) is 2.00. The molecule has 2 heterocycles. The van der Waals surface area contributed by atoms with Crippen molar-refractivity contribution in [2.45, 2.75) is 24.9 Å². The van der Waals surface area contributed by atoms with E-state index in [2.05, 4.69) is 22.3 Å². The van der Waals surface area contributed by atoms with Gasteiger partial charge in [0.15, 0.2) is 0 Å². The highest BCUT2D eigenvalue weighted by Crippen LogP contribution is 2.45. The molecule has 0 saturated carbocycles. The molecule has 4 heteroatoms. The zero-order chi connectivity index (χ0) is 14.4. The molecule has 2 aromatic carbocycles. The Hall–Kier alpha value is -2.00. The lowest BCUT2D eigenvalue weighted by atomic mass is 10.0. The number of para-hydroxylation sites is 2. The van der Waals surface area contributed by atoms with E-state index in [4.69, 9.17) is 11.6 Å². The first-order valence-corrected chi connectivity index (χ1v) is 7.55. The highest BCUT2D eigenvalue weighted by molar-refractivity contribution is 6.30. The third-order valence-corrected chi connectivity index (χ3v) is 4.60. The summed E-state index contributed by atoms with van der Waals surface area (Å²) in [4.78, 5) is 14.6. The first-order chi connectivity index (χ1) is 10.2. The second-order valence-corrected chi connectivity index (χ2v) is 6.01. The number of hydrogen-bond acceptors (Lipinski definition) is 2. The molecule has 1 amide bonds. The van der Waals surface area contributed by atoms with Gasteiger partial charge in [-0.15, -0.1) is 0 Å². The van der Waals surface area contributed by atoms with E-state index < -0.39 is 0 Å². The number of anilines is 2. The first kappa shape index (κ1) is 12.7. The maximum Gasteiger partial charge on any atom is 0.247 e. The van der Waals surface area contributed by atoms with Crippen molar-refractivity contribution < 1.29 is 4.79 Å². The second kappa shape index (κ2) is 4.78. The van der Waals surface area contributed by atoms with Gasteiger partial charge in [-0.3, -0.25) is 4.79 Å². The molecule has 2 unspecified atom stereocenters. The summed E-state index contributed by atoms with van der Waals surface area (Å²) in [5.74, 6) is 0.0956. The number of rotatable bonds is 1. The van der Waals surface area contributed by atoms with Crippen LogP contribution in [-0.2, 0) is 4.79 Å². The van der Waals surface area contributed by atoms with Gasteiger partial charge < -0.3 is 10.2 Å². The summed E-state index contributed by atoms with van der Waals surface area (Å²) < 4.78 is 0. The maximum atomic E-state index is 12.3. The van der Waals surface area contributed by atoms with Crippen LogP contribution < -0.4 is 10.2 Å². The van der Waals surface area contributed by atoms with Crippen LogP contribution in [0.25, 0.3) is 0 Å². The van der Waals surface area contributed by atoms with Gasteiger partial charge >= 0.3 is 0 Å². The van der Waals surface area contributed by atoms with E-state index in [-0.39, 0.29) is 18.0 Å². The van der Waals surface area contributed by atoms with Crippen molar-refractivity contribution in [3.63, 3.8) is 0 Å². The number of fused-ring (bicyclic) bond motifs is 3. The number of amides is 1. The average Bonchev–Trinajstić information content (AvgIpc) is 2.93. The van der Waals surface area contributed by atoms with Crippen LogP contribution in [0.4, 0.5) is 11.4 Å². The van der Waals surface area contributed by atoms with Crippen molar-refractivity contribution in [2.24, 2.45) is 0 Å². The topological polar surface area (TPSA) is 32.3 Å². The fourth-order valence-electron chi connectivity index (χ4n) is 3.47. The minimum atomic E-state index is -0.0797. The normalized spacial score (nSPS) is 23.5. The zero-order valence-electron chi connectivity index (χ0n) is 11.4. The third-order valence-electron chi connectivity index (χ3n) is 4.36. The summed E-state index contributed by atoms with van der Waals surface area (Å²) in [6, 6.07) is 16.1. The number of nitrogens with one attached hydrogen (secondary N) is 1. The number of nitrogens with zero attached hydrogens (tertiary/aromatic N) is 1. The fraction of sp³-hybridized carbons (Fsp3) is 0.235.